The molecule has 1 amide bonds. The Morgan fingerprint density at radius 3 is 2.61 bits per heavy atom. The summed E-state index contributed by atoms with van der Waals surface area (Å²) in [6.45, 7) is 0.135. The number of methoxy groups -OCH3 is 1. The molecule has 8 heteroatoms. The number of nitrogens with one attached hydrogen (secondary N) is 2. The van der Waals surface area contributed by atoms with Crippen LogP contribution >= 0.6 is 0 Å². The smallest absolute Gasteiger partial charge is 0.422 e. The number of hydrogen-bond donors (Lipinski definition) is 2. The largest absolute Gasteiger partial charge is 0.493 e. The average Bonchev–Trinajstić information content (AvgIpc) is 2.53. The summed E-state index contributed by atoms with van der Waals surface area (Å²) in [5, 5.41) is 5.88. The van der Waals surface area contributed by atoms with Gasteiger partial charge in [-0.05, 0) is 38.1 Å². The Balaban J connectivity index is 2.05. The first-order chi connectivity index (χ1) is 10.9. The number of carbonyl (C=O) groups excluding carboxylic acids is 1. The lowest BCUT2D eigenvalue weighted by atomic mass is 9.97. The fourth-order valence-corrected chi connectivity index (χ4v) is 2.36. The molecule has 1 heterocycles. The van der Waals surface area contributed by atoms with Crippen molar-refractivity contribution in [2.75, 3.05) is 32.1 Å². The van der Waals surface area contributed by atoms with E-state index in [9.17, 15) is 18.0 Å². The van der Waals surface area contributed by atoms with Gasteiger partial charge in [0.15, 0.2) is 18.1 Å². The van der Waals surface area contributed by atoms with E-state index in [4.69, 9.17) is 9.47 Å². The first-order valence-corrected chi connectivity index (χ1v) is 7.28. The van der Waals surface area contributed by atoms with E-state index in [1.165, 1.54) is 19.2 Å². The Morgan fingerprint density at radius 1 is 1.30 bits per heavy atom. The Labute approximate surface area is 132 Å². The third-order valence-corrected chi connectivity index (χ3v) is 3.53. The molecule has 0 bridgehead atoms. The molecular weight excluding hydrogens is 313 g/mol. The molecule has 1 aromatic rings. The number of amides is 1. The fourth-order valence-electron chi connectivity index (χ4n) is 2.36. The molecule has 2 rings (SSSR count). The molecule has 0 saturated carbocycles. The van der Waals surface area contributed by atoms with Gasteiger partial charge < -0.3 is 20.1 Å². The molecule has 1 fully saturated rings. The highest BCUT2D eigenvalue weighted by Crippen LogP contribution is 2.32. The lowest BCUT2D eigenvalue weighted by Gasteiger charge is -2.22. The third-order valence-electron chi connectivity index (χ3n) is 3.53. The van der Waals surface area contributed by atoms with Crippen LogP contribution in [0.3, 0.4) is 0 Å². The van der Waals surface area contributed by atoms with Crippen LogP contribution < -0.4 is 20.1 Å². The van der Waals surface area contributed by atoms with Crippen molar-refractivity contribution in [3.05, 3.63) is 18.2 Å². The first-order valence-electron chi connectivity index (χ1n) is 7.28. The molecule has 0 unspecified atom stereocenters. The van der Waals surface area contributed by atoms with Gasteiger partial charge in [-0.1, -0.05) is 0 Å². The molecule has 1 saturated heterocycles. The van der Waals surface area contributed by atoms with Gasteiger partial charge in [-0.25, -0.2) is 0 Å². The second kappa shape index (κ2) is 7.54. The maximum Gasteiger partial charge on any atom is 0.422 e. The molecule has 1 aliphatic rings. The number of piperidine rings is 1. The summed E-state index contributed by atoms with van der Waals surface area (Å²) in [7, 11) is 1.34. The van der Waals surface area contributed by atoms with Gasteiger partial charge in [0.25, 0.3) is 0 Å². The number of ether oxygens (including phenoxy) is 2. The number of rotatable bonds is 5. The van der Waals surface area contributed by atoms with Crippen molar-refractivity contribution in [2.24, 2.45) is 5.92 Å². The van der Waals surface area contributed by atoms with Gasteiger partial charge in [-0.15, -0.1) is 0 Å². The van der Waals surface area contributed by atoms with Crippen molar-refractivity contribution in [3.63, 3.8) is 0 Å². The molecule has 0 radical (unpaired) electrons. The lowest BCUT2D eigenvalue weighted by Crippen LogP contribution is -2.34. The van der Waals surface area contributed by atoms with E-state index in [0.717, 1.165) is 25.9 Å². The molecule has 0 atom stereocenters. The highest BCUT2D eigenvalue weighted by atomic mass is 19.4. The van der Waals surface area contributed by atoms with E-state index in [1.807, 2.05) is 0 Å². The van der Waals surface area contributed by atoms with E-state index >= 15 is 0 Å². The fraction of sp³-hybridized carbons (Fsp3) is 0.533. The van der Waals surface area contributed by atoms with Crippen molar-refractivity contribution in [1.82, 2.24) is 5.32 Å². The summed E-state index contributed by atoms with van der Waals surface area (Å²) < 4.78 is 46.6. The lowest BCUT2D eigenvalue weighted by molar-refractivity contribution is -0.153. The second-order valence-corrected chi connectivity index (χ2v) is 5.28. The van der Waals surface area contributed by atoms with Crippen molar-refractivity contribution < 1.29 is 27.4 Å². The molecular formula is C15H19F3N2O3. The number of carbonyl (C=O) groups is 1. The molecule has 128 valence electrons. The van der Waals surface area contributed by atoms with Gasteiger partial charge in [0.05, 0.1) is 7.11 Å². The summed E-state index contributed by atoms with van der Waals surface area (Å²) in [5.41, 5.74) is 0.381. The number of alkyl halides is 3. The SMILES string of the molecule is COc1ccc(NC(=O)C2CCNCC2)cc1OCC(F)(F)F. The zero-order chi connectivity index (χ0) is 16.9. The van der Waals surface area contributed by atoms with Crippen LogP contribution in [0.25, 0.3) is 0 Å². The zero-order valence-electron chi connectivity index (χ0n) is 12.7. The Hall–Kier alpha value is -1.96. The summed E-state index contributed by atoms with van der Waals surface area (Å²) in [5.74, 6) is -0.126. The molecule has 1 aliphatic heterocycles. The van der Waals surface area contributed by atoms with E-state index < -0.39 is 12.8 Å². The van der Waals surface area contributed by atoms with Crippen LogP contribution in [0, 0.1) is 5.92 Å². The van der Waals surface area contributed by atoms with Crippen molar-refractivity contribution in [2.45, 2.75) is 19.0 Å². The van der Waals surface area contributed by atoms with E-state index in [1.54, 1.807) is 6.07 Å². The second-order valence-electron chi connectivity index (χ2n) is 5.28. The minimum atomic E-state index is -4.45. The summed E-state index contributed by atoms with van der Waals surface area (Å²) in [6, 6.07) is 4.37. The van der Waals surface area contributed by atoms with Crippen molar-refractivity contribution in [1.29, 1.82) is 0 Å². The van der Waals surface area contributed by atoms with E-state index in [0.29, 0.717) is 5.69 Å². The van der Waals surface area contributed by atoms with Gasteiger partial charge in [0.1, 0.15) is 0 Å². The number of benzene rings is 1. The standard InChI is InChI=1S/C15H19F3N2O3/c1-22-12-3-2-11(8-13(12)23-9-15(16,17)18)20-14(21)10-4-6-19-7-5-10/h2-3,8,10,19H,4-7,9H2,1H3,(H,20,21). The number of halogens is 3. The van der Waals surface area contributed by atoms with Crippen LogP contribution in [0.4, 0.5) is 18.9 Å². The van der Waals surface area contributed by atoms with Crippen LogP contribution in [-0.4, -0.2) is 38.9 Å². The molecule has 0 spiro atoms. The van der Waals surface area contributed by atoms with Gasteiger partial charge >= 0.3 is 6.18 Å². The van der Waals surface area contributed by atoms with Crippen LogP contribution in [0.5, 0.6) is 11.5 Å². The Bertz CT molecular complexity index is 543. The number of anilines is 1. The maximum absolute atomic E-state index is 12.3. The third kappa shape index (κ3) is 5.31. The predicted molar refractivity (Wildman–Crippen MR) is 78.8 cm³/mol. The topological polar surface area (TPSA) is 59.6 Å². The van der Waals surface area contributed by atoms with Crippen LogP contribution in [0.15, 0.2) is 18.2 Å². The average molecular weight is 332 g/mol. The van der Waals surface area contributed by atoms with Gasteiger partial charge in [0.2, 0.25) is 5.91 Å². The van der Waals surface area contributed by atoms with Crippen LogP contribution in [0.1, 0.15) is 12.8 Å². The molecule has 5 nitrogen and oxygen atoms in total. The van der Waals surface area contributed by atoms with Gasteiger partial charge in [0, 0.05) is 17.7 Å². The van der Waals surface area contributed by atoms with E-state index in [2.05, 4.69) is 10.6 Å². The molecule has 2 N–H and O–H groups in total. The first kappa shape index (κ1) is 17.4. The van der Waals surface area contributed by atoms with Crippen LogP contribution in [0.2, 0.25) is 0 Å². The normalized spacial score (nSPS) is 16.0. The molecule has 1 aromatic carbocycles. The summed E-state index contributed by atoms with van der Waals surface area (Å²) >= 11 is 0. The molecule has 0 aromatic heterocycles. The summed E-state index contributed by atoms with van der Waals surface area (Å²) in [4.78, 5) is 12.2. The van der Waals surface area contributed by atoms with Crippen molar-refractivity contribution >= 4 is 11.6 Å². The minimum Gasteiger partial charge on any atom is -0.493 e. The van der Waals surface area contributed by atoms with Crippen LogP contribution in [-0.2, 0) is 4.79 Å². The monoisotopic (exact) mass is 332 g/mol. The zero-order valence-corrected chi connectivity index (χ0v) is 12.7. The van der Waals surface area contributed by atoms with Gasteiger partial charge in [-0.2, -0.15) is 13.2 Å². The number of hydrogen-bond acceptors (Lipinski definition) is 4. The minimum absolute atomic E-state index is 0.0621. The Morgan fingerprint density at radius 2 is 2.00 bits per heavy atom. The van der Waals surface area contributed by atoms with E-state index in [-0.39, 0.29) is 23.3 Å². The maximum atomic E-state index is 12.3. The summed E-state index contributed by atoms with van der Waals surface area (Å²) in [6.07, 6.45) is -2.97. The molecule has 0 aliphatic carbocycles. The predicted octanol–water partition coefficient (Wildman–Crippen LogP) is 2.57. The quantitative estimate of drug-likeness (QED) is 0.870. The highest BCUT2D eigenvalue weighted by Gasteiger charge is 2.29. The Kier molecular flexibility index (Phi) is 5.70. The van der Waals surface area contributed by atoms with Crippen molar-refractivity contribution in [3.8, 4) is 11.5 Å². The molecule has 23 heavy (non-hydrogen) atoms. The highest BCUT2D eigenvalue weighted by molar-refractivity contribution is 5.93. The van der Waals surface area contributed by atoms with Gasteiger partial charge in [-0.3, -0.25) is 4.79 Å².